The van der Waals surface area contributed by atoms with E-state index in [2.05, 4.69) is 10.6 Å². The van der Waals surface area contributed by atoms with Crippen molar-refractivity contribution >= 4 is 18.5 Å². The van der Waals surface area contributed by atoms with Crippen molar-refractivity contribution in [3.05, 3.63) is 11.6 Å². The lowest BCUT2D eigenvalue weighted by Gasteiger charge is -2.19. The van der Waals surface area contributed by atoms with Crippen LogP contribution in [0.15, 0.2) is 11.6 Å². The molecule has 1 amide bonds. The predicted molar refractivity (Wildman–Crippen MR) is 67.1 cm³/mol. The number of halogens is 1. The maximum atomic E-state index is 11.3. The number of rotatable bonds is 2. The molecule has 5 heteroatoms. The molecule has 0 aromatic rings. The van der Waals surface area contributed by atoms with Gasteiger partial charge in [-0.25, -0.2) is 4.79 Å². The molecule has 16 heavy (non-hydrogen) atoms. The summed E-state index contributed by atoms with van der Waals surface area (Å²) in [6, 6.07) is 0. The van der Waals surface area contributed by atoms with Gasteiger partial charge < -0.3 is 15.4 Å². The number of hydrogen-bond donors (Lipinski definition) is 2. The zero-order valence-electron chi connectivity index (χ0n) is 10.1. The van der Waals surface area contributed by atoms with E-state index in [1.165, 1.54) is 5.57 Å². The Bertz CT molecular complexity index is 251. The molecule has 1 aliphatic heterocycles. The molecular formula is C11H21ClN2O2. The molecular weight excluding hydrogens is 228 g/mol. The van der Waals surface area contributed by atoms with Crippen molar-refractivity contribution in [2.75, 3.05) is 19.6 Å². The fourth-order valence-electron chi connectivity index (χ4n) is 1.35. The number of hydrogen-bond acceptors (Lipinski definition) is 3. The van der Waals surface area contributed by atoms with Gasteiger partial charge in [-0.15, -0.1) is 12.4 Å². The predicted octanol–water partition coefficient (Wildman–Crippen LogP) is 1.85. The Kier molecular flexibility index (Phi) is 6.45. The highest BCUT2D eigenvalue weighted by Gasteiger charge is 2.15. The van der Waals surface area contributed by atoms with Crippen LogP contribution in [-0.4, -0.2) is 31.3 Å². The first-order chi connectivity index (χ1) is 6.97. The SMILES string of the molecule is CC(C)(C)OC(=O)NCC=C1CCNC1.Cl. The van der Waals surface area contributed by atoms with Crippen LogP contribution in [-0.2, 0) is 4.74 Å². The average molecular weight is 249 g/mol. The van der Waals surface area contributed by atoms with Gasteiger partial charge in [-0.1, -0.05) is 11.6 Å². The molecule has 4 nitrogen and oxygen atoms in total. The first-order valence-corrected chi connectivity index (χ1v) is 5.33. The minimum atomic E-state index is -0.424. The molecule has 1 aliphatic rings. The van der Waals surface area contributed by atoms with E-state index in [1.54, 1.807) is 0 Å². The Hall–Kier alpha value is -0.740. The molecule has 0 aromatic heterocycles. The Morgan fingerprint density at radius 3 is 2.75 bits per heavy atom. The van der Waals surface area contributed by atoms with Crippen molar-refractivity contribution < 1.29 is 9.53 Å². The fourth-order valence-corrected chi connectivity index (χ4v) is 1.35. The number of amides is 1. The summed E-state index contributed by atoms with van der Waals surface area (Å²) in [5.74, 6) is 0. The van der Waals surface area contributed by atoms with Crippen molar-refractivity contribution in [2.45, 2.75) is 32.8 Å². The molecule has 0 bridgehead atoms. The lowest BCUT2D eigenvalue weighted by atomic mass is 10.2. The smallest absolute Gasteiger partial charge is 0.407 e. The molecule has 0 saturated carbocycles. The van der Waals surface area contributed by atoms with Crippen molar-refractivity contribution in [2.24, 2.45) is 0 Å². The van der Waals surface area contributed by atoms with E-state index in [4.69, 9.17) is 4.74 Å². The summed E-state index contributed by atoms with van der Waals surface area (Å²) in [7, 11) is 0. The fraction of sp³-hybridized carbons (Fsp3) is 0.727. The Labute approximate surface area is 103 Å². The summed E-state index contributed by atoms with van der Waals surface area (Å²) in [5.41, 5.74) is 0.928. The van der Waals surface area contributed by atoms with E-state index in [0.29, 0.717) is 6.54 Å². The first-order valence-electron chi connectivity index (χ1n) is 5.33. The second kappa shape index (κ2) is 6.76. The molecule has 1 rings (SSSR count). The Balaban J connectivity index is 0.00000225. The number of nitrogens with one attached hydrogen (secondary N) is 2. The Morgan fingerprint density at radius 1 is 1.56 bits per heavy atom. The van der Waals surface area contributed by atoms with Crippen molar-refractivity contribution in [1.29, 1.82) is 0 Å². The minimum Gasteiger partial charge on any atom is -0.444 e. The van der Waals surface area contributed by atoms with Crippen LogP contribution in [0.4, 0.5) is 4.79 Å². The molecule has 1 heterocycles. The van der Waals surface area contributed by atoms with Crippen LogP contribution in [0.2, 0.25) is 0 Å². The summed E-state index contributed by atoms with van der Waals surface area (Å²) in [4.78, 5) is 11.3. The highest BCUT2D eigenvalue weighted by molar-refractivity contribution is 5.85. The zero-order valence-corrected chi connectivity index (χ0v) is 10.9. The molecule has 0 aliphatic carbocycles. The summed E-state index contributed by atoms with van der Waals surface area (Å²) < 4.78 is 5.11. The molecule has 1 fully saturated rings. The molecule has 0 aromatic carbocycles. The minimum absolute atomic E-state index is 0. The second-order valence-corrected chi connectivity index (χ2v) is 4.67. The van der Waals surface area contributed by atoms with E-state index in [0.717, 1.165) is 19.5 Å². The van der Waals surface area contributed by atoms with Crippen molar-refractivity contribution in [1.82, 2.24) is 10.6 Å². The maximum Gasteiger partial charge on any atom is 0.407 e. The maximum absolute atomic E-state index is 11.3. The number of carbonyl (C=O) groups is 1. The number of carbonyl (C=O) groups excluding carboxylic acids is 1. The van der Waals surface area contributed by atoms with Crippen molar-refractivity contribution in [3.8, 4) is 0 Å². The van der Waals surface area contributed by atoms with Gasteiger partial charge in [-0.2, -0.15) is 0 Å². The summed E-state index contributed by atoms with van der Waals surface area (Å²) >= 11 is 0. The molecule has 94 valence electrons. The van der Waals surface area contributed by atoms with Gasteiger partial charge in [-0.3, -0.25) is 0 Å². The molecule has 0 spiro atoms. The summed E-state index contributed by atoms with van der Waals surface area (Å²) in [6.07, 6.45) is 2.77. The topological polar surface area (TPSA) is 50.4 Å². The number of alkyl carbamates (subject to hydrolysis) is 1. The van der Waals surface area contributed by atoms with Crippen molar-refractivity contribution in [3.63, 3.8) is 0 Å². The van der Waals surface area contributed by atoms with Crippen LogP contribution in [0.3, 0.4) is 0 Å². The lowest BCUT2D eigenvalue weighted by molar-refractivity contribution is 0.0534. The third kappa shape index (κ3) is 6.69. The van der Waals surface area contributed by atoms with Crippen LogP contribution in [0.25, 0.3) is 0 Å². The normalized spacial score (nSPS) is 18.1. The average Bonchev–Trinajstić information content (AvgIpc) is 2.53. The highest BCUT2D eigenvalue weighted by Crippen LogP contribution is 2.07. The van der Waals surface area contributed by atoms with Gasteiger partial charge in [0.05, 0.1) is 0 Å². The largest absolute Gasteiger partial charge is 0.444 e. The molecule has 0 unspecified atom stereocenters. The standard InChI is InChI=1S/C11H20N2O2.ClH/c1-11(2,3)15-10(14)13-7-5-9-4-6-12-8-9;/h5,12H,4,6-8H2,1-3H3,(H,13,14);1H. The third-order valence-electron chi connectivity index (χ3n) is 2.01. The monoisotopic (exact) mass is 248 g/mol. The van der Waals surface area contributed by atoms with Crippen LogP contribution in [0.1, 0.15) is 27.2 Å². The van der Waals surface area contributed by atoms with Gasteiger partial charge in [0.1, 0.15) is 5.60 Å². The van der Waals surface area contributed by atoms with E-state index in [-0.39, 0.29) is 18.5 Å². The van der Waals surface area contributed by atoms with Gasteiger partial charge in [0.15, 0.2) is 0 Å². The van der Waals surface area contributed by atoms with E-state index in [1.807, 2.05) is 26.8 Å². The first kappa shape index (κ1) is 15.3. The zero-order chi connectivity index (χ0) is 11.3. The second-order valence-electron chi connectivity index (χ2n) is 4.67. The van der Waals surface area contributed by atoms with Gasteiger partial charge in [0.25, 0.3) is 0 Å². The van der Waals surface area contributed by atoms with Crippen LogP contribution >= 0.6 is 12.4 Å². The van der Waals surface area contributed by atoms with E-state index >= 15 is 0 Å². The van der Waals surface area contributed by atoms with Gasteiger partial charge >= 0.3 is 6.09 Å². The molecule has 0 radical (unpaired) electrons. The third-order valence-corrected chi connectivity index (χ3v) is 2.01. The van der Waals surface area contributed by atoms with Crippen LogP contribution in [0, 0.1) is 0 Å². The van der Waals surface area contributed by atoms with E-state index in [9.17, 15) is 4.79 Å². The van der Waals surface area contributed by atoms with Gasteiger partial charge in [-0.05, 0) is 33.7 Å². The lowest BCUT2D eigenvalue weighted by Crippen LogP contribution is -2.32. The quantitative estimate of drug-likeness (QED) is 0.734. The molecule has 2 N–H and O–H groups in total. The van der Waals surface area contributed by atoms with Gasteiger partial charge in [0.2, 0.25) is 0 Å². The van der Waals surface area contributed by atoms with E-state index < -0.39 is 5.60 Å². The number of ether oxygens (including phenoxy) is 1. The molecule has 1 saturated heterocycles. The highest BCUT2D eigenvalue weighted by atomic mass is 35.5. The summed E-state index contributed by atoms with van der Waals surface area (Å²) in [6.45, 7) is 8.09. The van der Waals surface area contributed by atoms with Crippen LogP contribution in [0.5, 0.6) is 0 Å². The van der Waals surface area contributed by atoms with Crippen LogP contribution < -0.4 is 10.6 Å². The van der Waals surface area contributed by atoms with Gasteiger partial charge in [0, 0.05) is 13.1 Å². The summed E-state index contributed by atoms with van der Waals surface area (Å²) in [5, 5.41) is 5.94. The molecule has 0 atom stereocenters. The Morgan fingerprint density at radius 2 is 2.25 bits per heavy atom.